The van der Waals surface area contributed by atoms with Crippen molar-refractivity contribution in [2.24, 2.45) is 23.5 Å². The fourth-order valence-electron chi connectivity index (χ4n) is 4.14. The molecule has 5 nitrogen and oxygen atoms in total. The smallest absolute Gasteiger partial charge is 0.326 e. The van der Waals surface area contributed by atoms with Crippen molar-refractivity contribution in [2.45, 2.75) is 57.9 Å². The SMILES string of the molecule is CCC(CCN)CCC(=O)N1CC2CCCC2C1C(=O)O. The highest BCUT2D eigenvalue weighted by molar-refractivity contribution is 5.84. The monoisotopic (exact) mass is 296 g/mol. The number of nitrogens with two attached hydrogens (primary N) is 1. The molecule has 0 spiro atoms. The van der Waals surface area contributed by atoms with E-state index >= 15 is 0 Å². The van der Waals surface area contributed by atoms with Crippen LogP contribution in [0.4, 0.5) is 0 Å². The van der Waals surface area contributed by atoms with Crippen molar-refractivity contribution >= 4 is 11.9 Å². The van der Waals surface area contributed by atoms with E-state index in [4.69, 9.17) is 5.73 Å². The van der Waals surface area contributed by atoms with E-state index in [0.717, 1.165) is 38.5 Å². The fourth-order valence-corrected chi connectivity index (χ4v) is 4.14. The summed E-state index contributed by atoms with van der Waals surface area (Å²) in [6, 6.07) is -0.584. The van der Waals surface area contributed by atoms with E-state index < -0.39 is 12.0 Å². The zero-order chi connectivity index (χ0) is 15.4. The average Bonchev–Trinajstić information content (AvgIpc) is 3.02. The molecule has 4 unspecified atom stereocenters. The molecular formula is C16H28N2O3. The van der Waals surface area contributed by atoms with E-state index in [1.165, 1.54) is 0 Å². The molecule has 1 heterocycles. The van der Waals surface area contributed by atoms with Crippen LogP contribution in [0.25, 0.3) is 0 Å². The Morgan fingerprint density at radius 1 is 1.33 bits per heavy atom. The quantitative estimate of drug-likeness (QED) is 0.751. The standard InChI is InChI=1S/C16H28N2O3/c1-2-11(8-9-17)6-7-14(19)18-10-12-4-3-5-13(12)15(18)16(20)21/h11-13,15H,2-10,17H2,1H3,(H,20,21). The molecule has 21 heavy (non-hydrogen) atoms. The minimum Gasteiger partial charge on any atom is -0.480 e. The van der Waals surface area contributed by atoms with Crippen LogP contribution in [0, 0.1) is 17.8 Å². The minimum atomic E-state index is -0.827. The first-order valence-electron chi connectivity index (χ1n) is 8.30. The Morgan fingerprint density at radius 3 is 2.71 bits per heavy atom. The minimum absolute atomic E-state index is 0.0206. The fraction of sp³-hybridized carbons (Fsp3) is 0.875. The first kappa shape index (κ1) is 16.3. The van der Waals surface area contributed by atoms with Gasteiger partial charge in [-0.3, -0.25) is 4.79 Å². The first-order valence-corrected chi connectivity index (χ1v) is 8.30. The Balaban J connectivity index is 1.93. The Morgan fingerprint density at radius 2 is 2.10 bits per heavy atom. The van der Waals surface area contributed by atoms with E-state index in [1.807, 2.05) is 0 Å². The third kappa shape index (κ3) is 3.57. The van der Waals surface area contributed by atoms with Crippen LogP contribution in [0.15, 0.2) is 0 Å². The lowest BCUT2D eigenvalue weighted by atomic mass is 9.94. The Labute approximate surface area is 126 Å². The summed E-state index contributed by atoms with van der Waals surface area (Å²) in [4.78, 5) is 25.6. The molecule has 2 rings (SSSR count). The molecule has 0 radical (unpaired) electrons. The lowest BCUT2D eigenvalue weighted by Gasteiger charge is -2.25. The summed E-state index contributed by atoms with van der Waals surface area (Å²) in [5.41, 5.74) is 5.58. The number of hydrogen-bond donors (Lipinski definition) is 2. The lowest BCUT2D eigenvalue weighted by molar-refractivity contribution is -0.149. The molecule has 2 fully saturated rings. The Hall–Kier alpha value is -1.10. The van der Waals surface area contributed by atoms with E-state index in [-0.39, 0.29) is 11.8 Å². The molecule has 0 bridgehead atoms. The number of carboxylic acids is 1. The molecule has 3 N–H and O–H groups in total. The van der Waals surface area contributed by atoms with Gasteiger partial charge in [-0.1, -0.05) is 19.8 Å². The summed E-state index contributed by atoms with van der Waals surface area (Å²) in [7, 11) is 0. The summed E-state index contributed by atoms with van der Waals surface area (Å²) < 4.78 is 0. The third-order valence-electron chi connectivity index (χ3n) is 5.38. The lowest BCUT2D eigenvalue weighted by Crippen LogP contribution is -2.43. The normalized spacial score (nSPS) is 29.4. The number of amides is 1. The molecule has 1 aliphatic heterocycles. The van der Waals surface area contributed by atoms with Crippen molar-refractivity contribution in [1.82, 2.24) is 4.90 Å². The van der Waals surface area contributed by atoms with Gasteiger partial charge in [-0.15, -0.1) is 0 Å². The van der Waals surface area contributed by atoms with Gasteiger partial charge in [0.1, 0.15) is 6.04 Å². The maximum Gasteiger partial charge on any atom is 0.326 e. The van der Waals surface area contributed by atoms with Crippen LogP contribution >= 0.6 is 0 Å². The number of aliphatic carboxylic acids is 1. The van der Waals surface area contributed by atoms with Crippen LogP contribution in [0.1, 0.15) is 51.9 Å². The van der Waals surface area contributed by atoms with Crippen molar-refractivity contribution in [1.29, 1.82) is 0 Å². The maximum atomic E-state index is 12.4. The van der Waals surface area contributed by atoms with E-state index in [0.29, 0.717) is 31.3 Å². The maximum absolute atomic E-state index is 12.4. The largest absolute Gasteiger partial charge is 0.480 e. The second-order valence-electron chi connectivity index (χ2n) is 6.57. The van der Waals surface area contributed by atoms with Gasteiger partial charge < -0.3 is 15.7 Å². The number of rotatable bonds is 7. The van der Waals surface area contributed by atoms with Gasteiger partial charge >= 0.3 is 5.97 Å². The summed E-state index contributed by atoms with van der Waals surface area (Å²) in [6.45, 7) is 3.41. The van der Waals surface area contributed by atoms with Crippen molar-refractivity contribution in [3.05, 3.63) is 0 Å². The summed E-state index contributed by atoms with van der Waals surface area (Å²) >= 11 is 0. The average molecular weight is 296 g/mol. The van der Waals surface area contributed by atoms with Gasteiger partial charge in [0.2, 0.25) is 5.91 Å². The Kier molecular flexibility index (Phi) is 5.62. The number of carbonyl (C=O) groups is 2. The third-order valence-corrected chi connectivity index (χ3v) is 5.38. The topological polar surface area (TPSA) is 83.6 Å². The summed E-state index contributed by atoms with van der Waals surface area (Å²) in [5.74, 6) is 0.252. The molecule has 1 saturated heterocycles. The molecule has 2 aliphatic rings. The van der Waals surface area contributed by atoms with Gasteiger partial charge in [-0.25, -0.2) is 4.79 Å². The van der Waals surface area contributed by atoms with Crippen molar-refractivity contribution in [3.8, 4) is 0 Å². The number of likely N-dealkylation sites (tertiary alicyclic amines) is 1. The highest BCUT2D eigenvalue weighted by Crippen LogP contribution is 2.42. The Bertz CT molecular complexity index is 386. The number of carbonyl (C=O) groups excluding carboxylic acids is 1. The van der Waals surface area contributed by atoms with Crippen LogP contribution in [-0.4, -0.2) is 41.0 Å². The van der Waals surface area contributed by atoms with Gasteiger partial charge in [-0.2, -0.15) is 0 Å². The second-order valence-corrected chi connectivity index (χ2v) is 6.57. The predicted octanol–water partition coefficient (Wildman–Crippen LogP) is 1.85. The zero-order valence-electron chi connectivity index (χ0n) is 13.0. The van der Waals surface area contributed by atoms with Gasteiger partial charge in [-0.05, 0) is 50.0 Å². The molecule has 1 aliphatic carbocycles. The summed E-state index contributed by atoms with van der Waals surface area (Å²) in [5, 5.41) is 9.48. The molecule has 4 atom stereocenters. The van der Waals surface area contributed by atoms with Crippen LogP contribution < -0.4 is 5.73 Å². The highest BCUT2D eigenvalue weighted by Gasteiger charge is 2.49. The summed E-state index contributed by atoms with van der Waals surface area (Å²) in [6.07, 6.45) is 6.39. The highest BCUT2D eigenvalue weighted by atomic mass is 16.4. The van der Waals surface area contributed by atoms with Gasteiger partial charge in [0, 0.05) is 13.0 Å². The van der Waals surface area contributed by atoms with E-state index in [2.05, 4.69) is 6.92 Å². The molecule has 5 heteroatoms. The van der Waals surface area contributed by atoms with Gasteiger partial charge in [0.25, 0.3) is 0 Å². The van der Waals surface area contributed by atoms with Crippen molar-refractivity contribution in [2.75, 3.05) is 13.1 Å². The second kappa shape index (κ2) is 7.25. The molecule has 0 aromatic rings. The van der Waals surface area contributed by atoms with Crippen LogP contribution in [0.3, 0.4) is 0 Å². The van der Waals surface area contributed by atoms with Crippen LogP contribution in [0.2, 0.25) is 0 Å². The molecule has 120 valence electrons. The van der Waals surface area contributed by atoms with Gasteiger partial charge in [0.05, 0.1) is 0 Å². The van der Waals surface area contributed by atoms with Crippen molar-refractivity contribution < 1.29 is 14.7 Å². The zero-order valence-corrected chi connectivity index (χ0v) is 13.0. The number of fused-ring (bicyclic) bond motifs is 1. The van der Waals surface area contributed by atoms with Gasteiger partial charge in [0.15, 0.2) is 0 Å². The molecule has 0 aromatic heterocycles. The first-order chi connectivity index (χ1) is 10.1. The molecule has 0 aromatic carbocycles. The van der Waals surface area contributed by atoms with E-state index in [9.17, 15) is 14.7 Å². The van der Waals surface area contributed by atoms with E-state index in [1.54, 1.807) is 4.90 Å². The molecular weight excluding hydrogens is 268 g/mol. The molecule has 1 saturated carbocycles. The van der Waals surface area contributed by atoms with Crippen molar-refractivity contribution in [3.63, 3.8) is 0 Å². The number of nitrogens with zero attached hydrogens (tertiary/aromatic N) is 1. The van der Waals surface area contributed by atoms with Crippen LogP contribution in [0.5, 0.6) is 0 Å². The number of hydrogen-bond acceptors (Lipinski definition) is 3. The number of carboxylic acid groups (broad SMARTS) is 1. The molecule has 1 amide bonds. The predicted molar refractivity (Wildman–Crippen MR) is 80.7 cm³/mol. The van der Waals surface area contributed by atoms with Crippen LogP contribution in [-0.2, 0) is 9.59 Å².